The van der Waals surface area contributed by atoms with Crippen LogP contribution in [0.25, 0.3) is 0 Å². The standard InChI is InChI=1S/C24H31N3O6/c1-23(2,3)33-21(30)26-18-11-17(12-19(28)13-18)20(29)25-15-24(4,5)27-22(31)32-14-16-9-7-6-8-10-16/h6-13,28H,14-15H2,1-5H3,(H,25,29)(H,26,30)(H,27,31). The van der Waals surface area contributed by atoms with Crippen molar-refractivity contribution in [3.8, 4) is 5.75 Å². The van der Waals surface area contributed by atoms with Crippen molar-refractivity contribution < 1.29 is 29.0 Å². The molecule has 0 saturated heterocycles. The van der Waals surface area contributed by atoms with Gasteiger partial charge in [0.25, 0.3) is 5.91 Å². The summed E-state index contributed by atoms with van der Waals surface area (Å²) in [6.45, 7) is 8.86. The van der Waals surface area contributed by atoms with Gasteiger partial charge in [-0.3, -0.25) is 10.1 Å². The Morgan fingerprint density at radius 3 is 2.24 bits per heavy atom. The van der Waals surface area contributed by atoms with Crippen LogP contribution in [0.5, 0.6) is 5.75 Å². The maximum Gasteiger partial charge on any atom is 0.412 e. The van der Waals surface area contributed by atoms with Crippen molar-refractivity contribution in [3.63, 3.8) is 0 Å². The lowest BCUT2D eigenvalue weighted by Crippen LogP contribution is -2.51. The van der Waals surface area contributed by atoms with Gasteiger partial charge in [-0.2, -0.15) is 0 Å². The van der Waals surface area contributed by atoms with E-state index in [0.29, 0.717) is 0 Å². The predicted octanol–water partition coefficient (Wildman–Crippen LogP) is 4.17. The first-order chi connectivity index (χ1) is 15.3. The molecule has 0 aromatic heterocycles. The molecule has 0 heterocycles. The van der Waals surface area contributed by atoms with Crippen molar-refractivity contribution in [1.82, 2.24) is 10.6 Å². The third-order valence-corrected chi connectivity index (χ3v) is 4.17. The van der Waals surface area contributed by atoms with E-state index in [9.17, 15) is 19.5 Å². The number of hydrogen-bond acceptors (Lipinski definition) is 6. The van der Waals surface area contributed by atoms with E-state index in [1.807, 2.05) is 30.3 Å². The molecule has 0 spiro atoms. The normalized spacial score (nSPS) is 11.3. The fourth-order valence-corrected chi connectivity index (χ4v) is 2.72. The maximum absolute atomic E-state index is 12.6. The van der Waals surface area contributed by atoms with Gasteiger partial charge in [0.2, 0.25) is 0 Å². The number of phenols is 1. The Morgan fingerprint density at radius 2 is 1.61 bits per heavy atom. The van der Waals surface area contributed by atoms with E-state index in [4.69, 9.17) is 9.47 Å². The summed E-state index contributed by atoms with van der Waals surface area (Å²) in [5.41, 5.74) is -0.307. The molecule has 4 N–H and O–H groups in total. The second-order valence-corrected chi connectivity index (χ2v) is 9.15. The number of phenolic OH excluding ortho intramolecular Hbond substituents is 1. The number of hydrogen-bond donors (Lipinski definition) is 4. The maximum atomic E-state index is 12.6. The molecule has 0 radical (unpaired) electrons. The molecule has 0 bridgehead atoms. The molecule has 9 heteroatoms. The molecule has 0 aliphatic carbocycles. The molecule has 0 atom stereocenters. The van der Waals surface area contributed by atoms with Gasteiger partial charge in [-0.25, -0.2) is 9.59 Å². The van der Waals surface area contributed by atoms with Crippen LogP contribution in [0.4, 0.5) is 15.3 Å². The molecule has 2 aromatic carbocycles. The first-order valence-corrected chi connectivity index (χ1v) is 10.4. The number of benzene rings is 2. The molecule has 0 unspecified atom stereocenters. The summed E-state index contributed by atoms with van der Waals surface area (Å²) < 4.78 is 10.4. The highest BCUT2D eigenvalue weighted by atomic mass is 16.6. The van der Waals surface area contributed by atoms with Crippen molar-refractivity contribution in [3.05, 3.63) is 59.7 Å². The van der Waals surface area contributed by atoms with Crippen LogP contribution in [0.2, 0.25) is 0 Å². The van der Waals surface area contributed by atoms with E-state index in [-0.39, 0.29) is 30.2 Å². The van der Waals surface area contributed by atoms with Gasteiger partial charge in [0.1, 0.15) is 18.0 Å². The second-order valence-electron chi connectivity index (χ2n) is 9.15. The SMILES string of the molecule is CC(C)(CNC(=O)c1cc(O)cc(NC(=O)OC(C)(C)C)c1)NC(=O)OCc1ccccc1. The number of carbonyl (C=O) groups excluding carboxylic acids is 3. The average Bonchev–Trinajstić information content (AvgIpc) is 2.69. The fraction of sp³-hybridized carbons (Fsp3) is 0.375. The van der Waals surface area contributed by atoms with E-state index in [0.717, 1.165) is 5.56 Å². The summed E-state index contributed by atoms with van der Waals surface area (Å²) in [7, 11) is 0. The molecule has 2 aromatic rings. The Morgan fingerprint density at radius 1 is 0.939 bits per heavy atom. The van der Waals surface area contributed by atoms with E-state index in [1.165, 1.54) is 18.2 Å². The van der Waals surface area contributed by atoms with Crippen molar-refractivity contribution >= 4 is 23.8 Å². The summed E-state index contributed by atoms with van der Waals surface area (Å²) in [4.78, 5) is 36.7. The summed E-state index contributed by atoms with van der Waals surface area (Å²) >= 11 is 0. The summed E-state index contributed by atoms with van der Waals surface area (Å²) in [6.07, 6.45) is -1.32. The van der Waals surface area contributed by atoms with Gasteiger partial charge in [-0.15, -0.1) is 0 Å². The summed E-state index contributed by atoms with van der Waals surface area (Å²) in [5.74, 6) is -0.693. The quantitative estimate of drug-likeness (QED) is 0.494. The number of rotatable bonds is 7. The van der Waals surface area contributed by atoms with Crippen molar-refractivity contribution in [2.45, 2.75) is 52.4 Å². The molecule has 0 aliphatic heterocycles. The minimum absolute atomic E-state index is 0.0940. The zero-order chi connectivity index (χ0) is 24.6. The topological polar surface area (TPSA) is 126 Å². The first kappa shape index (κ1) is 25.5. The Bertz CT molecular complexity index is 983. The zero-order valence-electron chi connectivity index (χ0n) is 19.5. The van der Waals surface area contributed by atoms with Crippen LogP contribution < -0.4 is 16.0 Å². The minimum atomic E-state index is -0.808. The molecule has 33 heavy (non-hydrogen) atoms. The lowest BCUT2D eigenvalue weighted by Gasteiger charge is -2.26. The molecular weight excluding hydrogens is 426 g/mol. The van der Waals surface area contributed by atoms with Gasteiger partial charge < -0.3 is 25.2 Å². The van der Waals surface area contributed by atoms with E-state index in [2.05, 4.69) is 16.0 Å². The van der Waals surface area contributed by atoms with Crippen LogP contribution in [0.15, 0.2) is 48.5 Å². The average molecular weight is 458 g/mol. The number of aromatic hydroxyl groups is 1. The highest BCUT2D eigenvalue weighted by Gasteiger charge is 2.23. The molecule has 0 fully saturated rings. The second kappa shape index (κ2) is 10.7. The molecule has 0 aliphatic rings. The highest BCUT2D eigenvalue weighted by molar-refractivity contribution is 5.97. The van der Waals surface area contributed by atoms with Crippen LogP contribution in [-0.2, 0) is 16.1 Å². The largest absolute Gasteiger partial charge is 0.508 e. The van der Waals surface area contributed by atoms with Crippen molar-refractivity contribution in [2.75, 3.05) is 11.9 Å². The van der Waals surface area contributed by atoms with E-state index >= 15 is 0 Å². The van der Waals surface area contributed by atoms with Gasteiger partial charge in [-0.05, 0) is 52.3 Å². The van der Waals surface area contributed by atoms with Crippen LogP contribution in [0.1, 0.15) is 50.5 Å². The van der Waals surface area contributed by atoms with Gasteiger partial charge in [-0.1, -0.05) is 30.3 Å². The molecule has 2 rings (SSSR count). The Hall–Kier alpha value is -3.75. The number of ether oxygens (including phenoxy) is 2. The Kier molecular flexibility index (Phi) is 8.28. The molecule has 3 amide bonds. The Labute approximate surface area is 193 Å². The summed E-state index contributed by atoms with van der Waals surface area (Å²) in [5, 5.41) is 17.8. The Balaban J connectivity index is 1.91. The van der Waals surface area contributed by atoms with E-state index in [1.54, 1.807) is 34.6 Å². The number of amides is 3. The molecule has 9 nitrogen and oxygen atoms in total. The molecule has 178 valence electrons. The smallest absolute Gasteiger partial charge is 0.412 e. The first-order valence-electron chi connectivity index (χ1n) is 10.4. The summed E-state index contributed by atoms with van der Waals surface area (Å²) in [6, 6.07) is 13.3. The third kappa shape index (κ3) is 9.51. The number of nitrogens with one attached hydrogen (secondary N) is 3. The van der Waals surface area contributed by atoms with Gasteiger partial charge >= 0.3 is 12.2 Å². The van der Waals surface area contributed by atoms with E-state index < -0.39 is 29.2 Å². The van der Waals surface area contributed by atoms with Crippen LogP contribution in [-0.4, -0.2) is 40.9 Å². The predicted molar refractivity (Wildman–Crippen MR) is 124 cm³/mol. The lowest BCUT2D eigenvalue weighted by atomic mass is 10.1. The minimum Gasteiger partial charge on any atom is -0.508 e. The number of anilines is 1. The third-order valence-electron chi connectivity index (χ3n) is 4.17. The molecule has 0 saturated carbocycles. The fourth-order valence-electron chi connectivity index (χ4n) is 2.72. The lowest BCUT2D eigenvalue weighted by molar-refractivity contribution is 0.0635. The van der Waals surface area contributed by atoms with Gasteiger partial charge in [0.15, 0.2) is 0 Å². The van der Waals surface area contributed by atoms with Crippen LogP contribution in [0, 0.1) is 0 Å². The van der Waals surface area contributed by atoms with Crippen LogP contribution >= 0.6 is 0 Å². The zero-order valence-corrected chi connectivity index (χ0v) is 19.5. The van der Waals surface area contributed by atoms with Gasteiger partial charge in [0, 0.05) is 23.9 Å². The van der Waals surface area contributed by atoms with Gasteiger partial charge in [0.05, 0.1) is 5.54 Å². The monoisotopic (exact) mass is 457 g/mol. The van der Waals surface area contributed by atoms with Crippen LogP contribution in [0.3, 0.4) is 0 Å². The number of carbonyl (C=O) groups is 3. The van der Waals surface area contributed by atoms with Crippen molar-refractivity contribution in [2.24, 2.45) is 0 Å². The number of alkyl carbamates (subject to hydrolysis) is 1. The molecular formula is C24H31N3O6. The highest BCUT2D eigenvalue weighted by Crippen LogP contribution is 2.21. The van der Waals surface area contributed by atoms with Crippen molar-refractivity contribution in [1.29, 1.82) is 0 Å².